The fourth-order valence-electron chi connectivity index (χ4n) is 3.71. The molecule has 0 spiro atoms. The number of carbonyl (C=O) groups excluding carboxylic acids is 1. The van der Waals surface area contributed by atoms with Gasteiger partial charge in [-0.05, 0) is 43.2 Å². The number of benzene rings is 2. The average Bonchev–Trinajstić information content (AvgIpc) is 2.83. The predicted molar refractivity (Wildman–Crippen MR) is 130 cm³/mol. The minimum atomic E-state index is -3.90. The van der Waals surface area contributed by atoms with Gasteiger partial charge in [-0.1, -0.05) is 13.0 Å². The minimum Gasteiger partial charge on any atom is -0.497 e. The number of amides is 1. The van der Waals surface area contributed by atoms with Gasteiger partial charge < -0.3 is 24.4 Å². The van der Waals surface area contributed by atoms with E-state index in [0.29, 0.717) is 24.7 Å². The zero-order valence-corrected chi connectivity index (χ0v) is 21.0. The maximum Gasteiger partial charge on any atom is 0.262 e. The van der Waals surface area contributed by atoms with E-state index in [4.69, 9.17) is 14.2 Å². The highest BCUT2D eigenvalue weighted by atomic mass is 32.2. The Morgan fingerprint density at radius 2 is 1.91 bits per heavy atom. The van der Waals surface area contributed by atoms with Crippen LogP contribution >= 0.6 is 0 Å². The summed E-state index contributed by atoms with van der Waals surface area (Å²) in [5.41, 5.74) is 0.519. The lowest BCUT2D eigenvalue weighted by molar-refractivity contribution is 0.0281. The Balaban J connectivity index is 1.94. The number of methoxy groups -OCH3 is 2. The molecule has 9 nitrogen and oxygen atoms in total. The molecule has 34 heavy (non-hydrogen) atoms. The van der Waals surface area contributed by atoms with Gasteiger partial charge in [0.05, 0.1) is 23.7 Å². The summed E-state index contributed by atoms with van der Waals surface area (Å²) in [6.07, 6.45) is -0.160. The first-order chi connectivity index (χ1) is 16.1. The first-order valence-electron chi connectivity index (χ1n) is 11.1. The molecule has 1 aliphatic heterocycles. The predicted octanol–water partition coefficient (Wildman–Crippen LogP) is 2.59. The number of sulfonamides is 1. The summed E-state index contributed by atoms with van der Waals surface area (Å²) in [6, 6.07) is 10.9. The molecular formula is C24H33N3O6S. The van der Waals surface area contributed by atoms with Crippen LogP contribution < -0.4 is 19.5 Å². The van der Waals surface area contributed by atoms with E-state index in [-0.39, 0.29) is 40.1 Å². The van der Waals surface area contributed by atoms with Crippen molar-refractivity contribution in [3.05, 3.63) is 48.0 Å². The summed E-state index contributed by atoms with van der Waals surface area (Å²) >= 11 is 0. The quantitative estimate of drug-likeness (QED) is 0.662. The summed E-state index contributed by atoms with van der Waals surface area (Å²) in [5.74, 6) is 0.697. The Kier molecular flexibility index (Phi) is 8.40. The van der Waals surface area contributed by atoms with Crippen molar-refractivity contribution in [2.45, 2.75) is 30.9 Å². The van der Waals surface area contributed by atoms with E-state index in [1.54, 1.807) is 43.3 Å². The Labute approximate surface area is 201 Å². The maximum absolute atomic E-state index is 13.4. The molecule has 186 valence electrons. The van der Waals surface area contributed by atoms with E-state index < -0.39 is 10.0 Å². The van der Waals surface area contributed by atoms with Crippen LogP contribution in [0.3, 0.4) is 0 Å². The number of fused-ring (bicyclic) bond motifs is 1. The van der Waals surface area contributed by atoms with E-state index in [2.05, 4.69) is 17.0 Å². The van der Waals surface area contributed by atoms with Crippen LogP contribution in [0, 0.1) is 5.92 Å². The molecule has 0 saturated carbocycles. The highest BCUT2D eigenvalue weighted by molar-refractivity contribution is 7.92. The largest absolute Gasteiger partial charge is 0.497 e. The Bertz CT molecular complexity index is 1110. The van der Waals surface area contributed by atoms with Crippen molar-refractivity contribution in [2.24, 2.45) is 5.92 Å². The SMILES string of the molecule is COc1cccc(S(=O)(=O)Nc2ccc3c(c2)C(=O)N(C)C[C@@H](OC)[C@H](C)CN[C@H](C)CO3)c1. The topological polar surface area (TPSA) is 106 Å². The van der Waals surface area contributed by atoms with E-state index in [1.807, 2.05) is 6.92 Å². The second kappa shape index (κ2) is 11.1. The average molecular weight is 492 g/mol. The fourth-order valence-corrected chi connectivity index (χ4v) is 4.79. The fraction of sp³-hybridized carbons (Fsp3) is 0.458. The van der Waals surface area contributed by atoms with Crippen LogP contribution in [0.25, 0.3) is 0 Å². The van der Waals surface area contributed by atoms with Gasteiger partial charge in [0.1, 0.15) is 18.1 Å². The minimum absolute atomic E-state index is 0.0475. The molecule has 3 rings (SSSR count). The van der Waals surface area contributed by atoms with Gasteiger partial charge in [-0.2, -0.15) is 0 Å². The molecule has 1 amide bonds. The van der Waals surface area contributed by atoms with E-state index in [9.17, 15) is 13.2 Å². The molecule has 2 aromatic rings. The lowest BCUT2D eigenvalue weighted by atomic mass is 10.0. The summed E-state index contributed by atoms with van der Waals surface area (Å²) in [6.45, 7) is 5.53. The Morgan fingerprint density at radius 1 is 1.15 bits per heavy atom. The number of anilines is 1. The number of likely N-dealkylation sites (N-methyl/N-ethyl adjacent to an activating group) is 1. The molecule has 0 aromatic heterocycles. The smallest absolute Gasteiger partial charge is 0.262 e. The van der Waals surface area contributed by atoms with Crippen LogP contribution in [0.4, 0.5) is 5.69 Å². The van der Waals surface area contributed by atoms with Gasteiger partial charge in [-0.15, -0.1) is 0 Å². The van der Waals surface area contributed by atoms with Gasteiger partial charge in [0.25, 0.3) is 15.9 Å². The van der Waals surface area contributed by atoms with Crippen LogP contribution in [0.1, 0.15) is 24.2 Å². The number of nitrogens with one attached hydrogen (secondary N) is 2. The lowest BCUT2D eigenvalue weighted by Gasteiger charge is -2.30. The summed E-state index contributed by atoms with van der Waals surface area (Å²) < 4.78 is 45.1. The van der Waals surface area contributed by atoms with Crippen LogP contribution in [0.5, 0.6) is 11.5 Å². The van der Waals surface area contributed by atoms with Crippen molar-refractivity contribution in [2.75, 3.05) is 45.7 Å². The Hall–Kier alpha value is -2.82. The van der Waals surface area contributed by atoms with Crippen molar-refractivity contribution >= 4 is 21.6 Å². The third-order valence-electron chi connectivity index (χ3n) is 5.83. The van der Waals surface area contributed by atoms with E-state index >= 15 is 0 Å². The third kappa shape index (κ3) is 6.19. The standard InChI is InChI=1S/C24H33N3O6S/c1-16-13-25-17(2)15-33-22-10-9-18(11-21(22)24(28)27(3)14-23(16)32-5)26-34(29,30)20-8-6-7-19(12-20)31-4/h6-12,16-17,23,25-26H,13-15H2,1-5H3/t16-,17-,23-/m1/s1. The zero-order valence-electron chi connectivity index (χ0n) is 20.2. The van der Waals surface area contributed by atoms with Crippen molar-refractivity contribution in [1.29, 1.82) is 0 Å². The molecule has 0 bridgehead atoms. The molecule has 1 aliphatic rings. The number of nitrogens with zero attached hydrogens (tertiary/aromatic N) is 1. The van der Waals surface area contributed by atoms with Crippen LogP contribution in [0.15, 0.2) is 47.4 Å². The van der Waals surface area contributed by atoms with Crippen LogP contribution in [0.2, 0.25) is 0 Å². The molecule has 3 atom stereocenters. The van der Waals surface area contributed by atoms with Gasteiger partial charge in [-0.3, -0.25) is 9.52 Å². The van der Waals surface area contributed by atoms with Crippen LogP contribution in [-0.2, 0) is 14.8 Å². The second-order valence-electron chi connectivity index (χ2n) is 8.55. The molecule has 0 unspecified atom stereocenters. The molecule has 2 aromatic carbocycles. The van der Waals surface area contributed by atoms with Crippen molar-refractivity contribution < 1.29 is 27.4 Å². The third-order valence-corrected chi connectivity index (χ3v) is 7.21. The molecule has 1 heterocycles. The number of ether oxygens (including phenoxy) is 3. The van der Waals surface area contributed by atoms with Gasteiger partial charge in [-0.25, -0.2) is 8.42 Å². The van der Waals surface area contributed by atoms with Gasteiger partial charge in [0.2, 0.25) is 0 Å². The number of hydrogen-bond donors (Lipinski definition) is 2. The Morgan fingerprint density at radius 3 is 2.62 bits per heavy atom. The molecule has 0 fully saturated rings. The first-order valence-corrected chi connectivity index (χ1v) is 12.6. The van der Waals surface area contributed by atoms with Crippen molar-refractivity contribution in [3.63, 3.8) is 0 Å². The number of carbonyl (C=O) groups is 1. The van der Waals surface area contributed by atoms with Crippen molar-refractivity contribution in [3.8, 4) is 11.5 Å². The zero-order chi connectivity index (χ0) is 24.9. The summed E-state index contributed by atoms with van der Waals surface area (Å²) in [5, 5.41) is 3.43. The second-order valence-corrected chi connectivity index (χ2v) is 10.2. The molecule has 0 radical (unpaired) electrons. The molecule has 0 aliphatic carbocycles. The highest BCUT2D eigenvalue weighted by Crippen LogP contribution is 2.27. The maximum atomic E-state index is 13.4. The summed E-state index contributed by atoms with van der Waals surface area (Å²) in [7, 11) is 0.901. The summed E-state index contributed by atoms with van der Waals surface area (Å²) in [4.78, 5) is 15.0. The number of hydrogen-bond acceptors (Lipinski definition) is 7. The molecule has 2 N–H and O–H groups in total. The molecule has 10 heteroatoms. The molecule has 0 saturated heterocycles. The van der Waals surface area contributed by atoms with Gasteiger partial charge in [0.15, 0.2) is 0 Å². The number of rotatable bonds is 5. The monoisotopic (exact) mass is 491 g/mol. The van der Waals surface area contributed by atoms with Gasteiger partial charge >= 0.3 is 0 Å². The van der Waals surface area contributed by atoms with E-state index in [0.717, 1.165) is 6.54 Å². The first kappa shape index (κ1) is 25.8. The highest BCUT2D eigenvalue weighted by Gasteiger charge is 2.26. The van der Waals surface area contributed by atoms with E-state index in [1.165, 1.54) is 25.3 Å². The van der Waals surface area contributed by atoms with Gasteiger partial charge in [0, 0.05) is 45.0 Å². The van der Waals surface area contributed by atoms with Crippen molar-refractivity contribution in [1.82, 2.24) is 10.2 Å². The van der Waals surface area contributed by atoms with Crippen LogP contribution in [-0.4, -0.2) is 72.3 Å². The molecular weight excluding hydrogens is 458 g/mol. The normalized spacial score (nSPS) is 22.1. The lowest BCUT2D eigenvalue weighted by Crippen LogP contribution is -2.44.